The van der Waals surface area contributed by atoms with Crippen molar-refractivity contribution in [2.75, 3.05) is 79.2 Å². The van der Waals surface area contributed by atoms with E-state index in [1.807, 2.05) is 26.8 Å². The first-order valence-corrected chi connectivity index (χ1v) is 12.4. The van der Waals surface area contributed by atoms with Crippen molar-refractivity contribution in [3.8, 4) is 5.75 Å². The Labute approximate surface area is 215 Å². The molecule has 1 rings (SSSR count). The SMILES string of the molecule is CC(C)(C)OC(=O)NCCOCCOCCOCCOCCOCCOc1ccc(Cl)cc1Br. The van der Waals surface area contributed by atoms with E-state index in [1.165, 1.54) is 0 Å². The highest BCUT2D eigenvalue weighted by atomic mass is 79.9. The van der Waals surface area contributed by atoms with E-state index in [0.29, 0.717) is 84.2 Å². The van der Waals surface area contributed by atoms with Crippen LogP contribution in [0.15, 0.2) is 22.7 Å². The fourth-order valence-electron chi connectivity index (χ4n) is 2.32. The van der Waals surface area contributed by atoms with Crippen molar-refractivity contribution in [3.05, 3.63) is 27.7 Å². The predicted octanol–water partition coefficient (Wildman–Crippen LogP) is 4.09. The first-order valence-electron chi connectivity index (χ1n) is 11.2. The molecule has 0 heterocycles. The lowest BCUT2D eigenvalue weighted by molar-refractivity contribution is -0.0126. The topological polar surface area (TPSA) is 93.7 Å². The van der Waals surface area contributed by atoms with E-state index >= 15 is 0 Å². The molecule has 0 bridgehead atoms. The van der Waals surface area contributed by atoms with Crippen LogP contribution in [-0.2, 0) is 28.4 Å². The minimum atomic E-state index is -0.505. The van der Waals surface area contributed by atoms with Crippen LogP contribution in [0.4, 0.5) is 4.79 Å². The van der Waals surface area contributed by atoms with Gasteiger partial charge in [-0.2, -0.15) is 0 Å². The number of nitrogens with one attached hydrogen (secondary N) is 1. The summed E-state index contributed by atoms with van der Waals surface area (Å²) in [6.45, 7) is 11.0. The maximum atomic E-state index is 11.4. The smallest absolute Gasteiger partial charge is 0.407 e. The first kappa shape index (κ1) is 30.9. The summed E-state index contributed by atoms with van der Waals surface area (Å²) in [6, 6.07) is 5.37. The van der Waals surface area contributed by atoms with Gasteiger partial charge in [0, 0.05) is 11.6 Å². The van der Waals surface area contributed by atoms with E-state index in [9.17, 15) is 4.79 Å². The highest BCUT2D eigenvalue weighted by Gasteiger charge is 2.15. The zero-order chi connectivity index (χ0) is 25.1. The van der Waals surface area contributed by atoms with Crippen LogP contribution < -0.4 is 10.1 Å². The second-order valence-corrected chi connectivity index (χ2v) is 9.20. The minimum Gasteiger partial charge on any atom is -0.490 e. The molecule has 9 nitrogen and oxygen atoms in total. The van der Waals surface area contributed by atoms with Crippen LogP contribution in [0.2, 0.25) is 5.02 Å². The van der Waals surface area contributed by atoms with Gasteiger partial charge < -0.3 is 38.5 Å². The van der Waals surface area contributed by atoms with Gasteiger partial charge in [0.2, 0.25) is 0 Å². The van der Waals surface area contributed by atoms with E-state index in [4.69, 9.17) is 44.8 Å². The molecule has 0 aliphatic heterocycles. The number of carbonyl (C=O) groups is 1. The van der Waals surface area contributed by atoms with Crippen molar-refractivity contribution in [1.29, 1.82) is 0 Å². The number of carbonyl (C=O) groups excluding carboxylic acids is 1. The highest BCUT2D eigenvalue weighted by Crippen LogP contribution is 2.27. The van der Waals surface area contributed by atoms with Crippen molar-refractivity contribution in [2.24, 2.45) is 0 Å². The van der Waals surface area contributed by atoms with Crippen LogP contribution in [0, 0.1) is 0 Å². The normalized spacial score (nSPS) is 11.4. The largest absolute Gasteiger partial charge is 0.490 e. The third-order valence-electron chi connectivity index (χ3n) is 3.78. The summed E-state index contributed by atoms with van der Waals surface area (Å²) in [7, 11) is 0. The third kappa shape index (κ3) is 18.2. The van der Waals surface area contributed by atoms with Gasteiger partial charge in [-0.1, -0.05) is 11.6 Å². The van der Waals surface area contributed by atoms with Gasteiger partial charge >= 0.3 is 6.09 Å². The molecule has 0 unspecified atom stereocenters. The van der Waals surface area contributed by atoms with Crippen LogP contribution in [0.1, 0.15) is 20.8 Å². The summed E-state index contributed by atoms with van der Waals surface area (Å²) < 4.78 is 38.7. The second kappa shape index (κ2) is 19.1. The Balaban J connectivity index is 1.76. The van der Waals surface area contributed by atoms with Gasteiger partial charge in [0.1, 0.15) is 18.0 Å². The van der Waals surface area contributed by atoms with E-state index in [-0.39, 0.29) is 0 Å². The molecule has 11 heteroatoms. The molecule has 34 heavy (non-hydrogen) atoms. The summed E-state index contributed by atoms with van der Waals surface area (Å²) in [4.78, 5) is 11.4. The maximum absolute atomic E-state index is 11.4. The molecule has 0 spiro atoms. The van der Waals surface area contributed by atoms with Gasteiger partial charge in [-0.15, -0.1) is 0 Å². The Morgan fingerprint density at radius 3 is 1.76 bits per heavy atom. The summed E-state index contributed by atoms with van der Waals surface area (Å²) >= 11 is 9.29. The van der Waals surface area contributed by atoms with Gasteiger partial charge in [-0.05, 0) is 54.9 Å². The number of alkyl carbamates (subject to hydrolysis) is 1. The Bertz CT molecular complexity index is 675. The molecule has 0 aliphatic rings. The lowest BCUT2D eigenvalue weighted by Crippen LogP contribution is -2.34. The molecular formula is C23H37BrClNO8. The number of rotatable bonds is 19. The molecule has 1 aromatic carbocycles. The van der Waals surface area contributed by atoms with Crippen molar-refractivity contribution in [1.82, 2.24) is 5.32 Å². The molecule has 0 aliphatic carbocycles. The van der Waals surface area contributed by atoms with E-state index < -0.39 is 11.7 Å². The van der Waals surface area contributed by atoms with Crippen molar-refractivity contribution < 1.29 is 38.0 Å². The Morgan fingerprint density at radius 1 is 0.824 bits per heavy atom. The third-order valence-corrected chi connectivity index (χ3v) is 4.64. The number of benzene rings is 1. The molecule has 1 amide bonds. The van der Waals surface area contributed by atoms with Gasteiger partial charge in [0.25, 0.3) is 0 Å². The van der Waals surface area contributed by atoms with Crippen molar-refractivity contribution in [3.63, 3.8) is 0 Å². The molecule has 0 fully saturated rings. The molecule has 0 aromatic heterocycles. The average Bonchev–Trinajstić information content (AvgIpc) is 2.75. The molecule has 0 saturated heterocycles. The van der Waals surface area contributed by atoms with Gasteiger partial charge in [-0.25, -0.2) is 4.79 Å². The standard InChI is InChI=1S/C23H37BrClNO8/c1-23(2,3)34-22(27)26-6-7-28-8-9-29-10-11-30-12-13-31-14-15-32-16-17-33-21-5-4-19(25)18-20(21)24/h4-5,18H,6-17H2,1-3H3,(H,26,27). The highest BCUT2D eigenvalue weighted by molar-refractivity contribution is 9.10. The van der Waals surface area contributed by atoms with E-state index in [2.05, 4.69) is 21.2 Å². The van der Waals surface area contributed by atoms with Crippen LogP contribution >= 0.6 is 27.5 Å². The van der Waals surface area contributed by atoms with Crippen molar-refractivity contribution >= 4 is 33.6 Å². The summed E-state index contributed by atoms with van der Waals surface area (Å²) in [5.74, 6) is 0.727. The van der Waals surface area contributed by atoms with E-state index in [1.54, 1.807) is 12.1 Å². The summed E-state index contributed by atoms with van der Waals surface area (Å²) in [6.07, 6.45) is -0.450. The second-order valence-electron chi connectivity index (χ2n) is 7.91. The quantitative estimate of drug-likeness (QED) is 0.249. The Kier molecular flexibility index (Phi) is 17.4. The number of ether oxygens (including phenoxy) is 7. The zero-order valence-corrected chi connectivity index (χ0v) is 22.6. The molecule has 196 valence electrons. The van der Waals surface area contributed by atoms with Crippen LogP contribution in [-0.4, -0.2) is 90.9 Å². The van der Waals surface area contributed by atoms with Crippen LogP contribution in [0.5, 0.6) is 5.75 Å². The Morgan fingerprint density at radius 2 is 1.29 bits per heavy atom. The zero-order valence-electron chi connectivity index (χ0n) is 20.2. The predicted molar refractivity (Wildman–Crippen MR) is 133 cm³/mol. The molecular weight excluding hydrogens is 534 g/mol. The van der Waals surface area contributed by atoms with E-state index in [0.717, 1.165) is 10.2 Å². The number of amides is 1. The van der Waals surface area contributed by atoms with Gasteiger partial charge in [-0.3, -0.25) is 0 Å². The molecule has 1 aromatic rings. The molecule has 0 radical (unpaired) electrons. The summed E-state index contributed by atoms with van der Waals surface area (Å²) in [5, 5.41) is 3.27. The average molecular weight is 571 g/mol. The lowest BCUT2D eigenvalue weighted by atomic mass is 10.2. The van der Waals surface area contributed by atoms with Crippen LogP contribution in [0.3, 0.4) is 0 Å². The fourth-order valence-corrected chi connectivity index (χ4v) is 3.12. The monoisotopic (exact) mass is 569 g/mol. The molecule has 1 N–H and O–H groups in total. The number of halogens is 2. The Hall–Kier alpha value is -1.14. The van der Waals surface area contributed by atoms with Gasteiger partial charge in [0.05, 0.1) is 70.5 Å². The first-order chi connectivity index (χ1) is 16.3. The lowest BCUT2D eigenvalue weighted by Gasteiger charge is -2.19. The number of hydrogen-bond acceptors (Lipinski definition) is 8. The van der Waals surface area contributed by atoms with Crippen molar-refractivity contribution in [2.45, 2.75) is 26.4 Å². The fraction of sp³-hybridized carbons (Fsp3) is 0.696. The molecule has 0 atom stereocenters. The van der Waals surface area contributed by atoms with Gasteiger partial charge in [0.15, 0.2) is 0 Å². The number of hydrogen-bond donors (Lipinski definition) is 1. The van der Waals surface area contributed by atoms with Crippen LogP contribution in [0.25, 0.3) is 0 Å². The summed E-state index contributed by atoms with van der Waals surface area (Å²) in [5.41, 5.74) is -0.505. The molecule has 0 saturated carbocycles. The maximum Gasteiger partial charge on any atom is 0.407 e. The minimum absolute atomic E-state index is 0.387.